The summed E-state index contributed by atoms with van der Waals surface area (Å²) in [5.41, 5.74) is -0.222. The molecule has 4 aliphatic rings. The average Bonchev–Trinajstić information content (AvgIpc) is 3.09. The molecule has 8 nitrogen and oxygen atoms in total. The number of hydrogen-bond donors (Lipinski definition) is 4. The Morgan fingerprint density at radius 3 is 2.55 bits per heavy atom. The minimum absolute atomic E-state index is 0.0529. The molecule has 0 radical (unpaired) electrons. The molecule has 0 bridgehead atoms. The van der Waals surface area contributed by atoms with Crippen molar-refractivity contribution in [3.63, 3.8) is 0 Å². The summed E-state index contributed by atoms with van der Waals surface area (Å²) in [5, 5.41) is 39.9. The highest BCUT2D eigenvalue weighted by molar-refractivity contribution is 5.74. The monoisotopic (exact) mass is 414 g/mol. The molecular formula is C21H34O8. The minimum atomic E-state index is -1.45. The maximum absolute atomic E-state index is 12.2. The molecule has 4 fully saturated rings. The lowest BCUT2D eigenvalue weighted by Gasteiger charge is -2.44. The van der Waals surface area contributed by atoms with Crippen molar-refractivity contribution < 1.29 is 39.4 Å². The first-order valence-corrected chi connectivity index (χ1v) is 10.8. The van der Waals surface area contributed by atoms with E-state index in [1.165, 1.54) is 0 Å². The molecular weight excluding hydrogens is 380 g/mol. The number of ether oxygens (including phenoxy) is 3. The first kappa shape index (κ1) is 21.5. The largest absolute Gasteiger partial charge is 0.462 e. The molecule has 8 heteroatoms. The molecule has 0 aromatic rings. The molecule has 0 unspecified atom stereocenters. The van der Waals surface area contributed by atoms with Gasteiger partial charge in [0.2, 0.25) is 0 Å². The summed E-state index contributed by atoms with van der Waals surface area (Å²) in [6.45, 7) is 5.85. The molecule has 4 N–H and O–H groups in total. The van der Waals surface area contributed by atoms with Gasteiger partial charge in [0.1, 0.15) is 30.5 Å². The Hall–Kier alpha value is -0.770. The quantitative estimate of drug-likeness (QED) is 0.483. The fourth-order valence-electron chi connectivity index (χ4n) is 6.42. The van der Waals surface area contributed by atoms with Gasteiger partial charge in [0.25, 0.3) is 0 Å². The topological polar surface area (TPSA) is 126 Å². The van der Waals surface area contributed by atoms with Crippen molar-refractivity contribution in [2.75, 3.05) is 6.61 Å². The van der Waals surface area contributed by atoms with E-state index in [4.69, 9.17) is 14.2 Å². The van der Waals surface area contributed by atoms with Crippen LogP contribution in [0, 0.1) is 29.1 Å². The highest BCUT2D eigenvalue weighted by Gasteiger charge is 2.58. The van der Waals surface area contributed by atoms with Crippen LogP contribution in [0.4, 0.5) is 0 Å². The summed E-state index contributed by atoms with van der Waals surface area (Å²) in [4.78, 5) is 12.2. The van der Waals surface area contributed by atoms with Gasteiger partial charge in [-0.25, -0.2) is 0 Å². The van der Waals surface area contributed by atoms with Crippen LogP contribution in [-0.2, 0) is 19.0 Å². The van der Waals surface area contributed by atoms with Gasteiger partial charge < -0.3 is 34.6 Å². The van der Waals surface area contributed by atoms with Gasteiger partial charge in [-0.05, 0) is 42.9 Å². The van der Waals surface area contributed by atoms with Crippen molar-refractivity contribution >= 4 is 5.97 Å². The lowest BCUT2D eigenvalue weighted by atomic mass is 9.69. The highest BCUT2D eigenvalue weighted by Crippen LogP contribution is 2.58. The normalized spacial score (nSPS) is 55.1. The zero-order chi connectivity index (χ0) is 21.1. The second-order valence-corrected chi connectivity index (χ2v) is 9.86. The Morgan fingerprint density at radius 1 is 1.14 bits per heavy atom. The maximum Gasteiger partial charge on any atom is 0.309 e. The van der Waals surface area contributed by atoms with E-state index in [0.717, 1.165) is 25.7 Å². The maximum atomic E-state index is 12.2. The van der Waals surface area contributed by atoms with E-state index >= 15 is 0 Å². The van der Waals surface area contributed by atoms with Crippen molar-refractivity contribution in [3.05, 3.63) is 0 Å². The SMILES string of the molecule is C[C@@H]1C[C@@H]2OC(=O)[C@@H](C)[C@H]2C[C@]2(C)[C@@H](O[C@@H]3O[C@H](CO)[C@@H](O)[C@H](O)[C@H]3O)CC[C@@H]12. The molecule has 29 heavy (non-hydrogen) atoms. The summed E-state index contributed by atoms with van der Waals surface area (Å²) in [6, 6.07) is 0. The number of carbonyl (C=O) groups is 1. The summed E-state index contributed by atoms with van der Waals surface area (Å²) >= 11 is 0. The van der Waals surface area contributed by atoms with Crippen molar-refractivity contribution in [1.29, 1.82) is 0 Å². The van der Waals surface area contributed by atoms with Gasteiger partial charge in [0, 0.05) is 5.92 Å². The second-order valence-electron chi connectivity index (χ2n) is 9.86. The number of esters is 1. The van der Waals surface area contributed by atoms with E-state index in [0.29, 0.717) is 11.8 Å². The summed E-state index contributed by atoms with van der Waals surface area (Å²) in [6.07, 6.45) is -3.22. The Labute approximate surface area is 171 Å². The van der Waals surface area contributed by atoms with Crippen LogP contribution in [0.25, 0.3) is 0 Å². The molecule has 2 saturated heterocycles. The van der Waals surface area contributed by atoms with E-state index in [1.807, 2.05) is 6.92 Å². The molecule has 2 heterocycles. The van der Waals surface area contributed by atoms with Crippen molar-refractivity contribution in [2.24, 2.45) is 29.1 Å². The third-order valence-electron chi connectivity index (χ3n) is 8.19. The van der Waals surface area contributed by atoms with E-state index in [-0.39, 0.29) is 35.4 Å². The molecule has 0 amide bonds. The van der Waals surface area contributed by atoms with Crippen LogP contribution in [0.5, 0.6) is 0 Å². The Balaban J connectivity index is 1.55. The van der Waals surface area contributed by atoms with E-state index < -0.39 is 37.3 Å². The molecule has 0 aromatic heterocycles. The number of fused-ring (bicyclic) bond motifs is 2. The fraction of sp³-hybridized carbons (Fsp3) is 0.952. The van der Waals surface area contributed by atoms with Gasteiger partial charge in [0.15, 0.2) is 6.29 Å². The molecule has 12 atom stereocenters. The van der Waals surface area contributed by atoms with Crippen molar-refractivity contribution in [3.8, 4) is 0 Å². The molecule has 0 spiro atoms. The first-order chi connectivity index (χ1) is 13.7. The van der Waals surface area contributed by atoms with Crippen LogP contribution in [0.1, 0.15) is 46.5 Å². The van der Waals surface area contributed by atoms with Crippen LogP contribution in [0.3, 0.4) is 0 Å². The van der Waals surface area contributed by atoms with Crippen LogP contribution in [0.2, 0.25) is 0 Å². The average molecular weight is 414 g/mol. The van der Waals surface area contributed by atoms with Crippen LogP contribution in [-0.4, -0.2) is 75.9 Å². The number of rotatable bonds is 3. The Kier molecular flexibility index (Phi) is 5.72. The van der Waals surface area contributed by atoms with Crippen molar-refractivity contribution in [1.82, 2.24) is 0 Å². The fourth-order valence-corrected chi connectivity index (χ4v) is 6.42. The third kappa shape index (κ3) is 3.42. The standard InChI is InChI=1S/C21H34O8/c1-9-6-13-11(10(2)19(26)27-13)7-21(3)12(9)4-5-15(21)29-20-18(25)17(24)16(23)14(8-22)28-20/h9-18,20,22-25H,4-8H2,1-3H3/t9-,10+,11-,12+,13+,14-,15+,16-,17+,18-,20+,21+/m1/s1. The number of carbonyl (C=O) groups excluding carboxylic acids is 1. The molecule has 4 rings (SSSR count). The molecule has 2 saturated carbocycles. The van der Waals surface area contributed by atoms with Gasteiger partial charge in [0.05, 0.1) is 18.6 Å². The predicted octanol–water partition coefficient (Wildman–Crippen LogP) is 0.195. The Bertz CT molecular complexity index is 626. The molecule has 0 aromatic carbocycles. The van der Waals surface area contributed by atoms with Crippen LogP contribution < -0.4 is 0 Å². The number of aliphatic hydroxyl groups is 4. The van der Waals surface area contributed by atoms with Gasteiger partial charge >= 0.3 is 5.97 Å². The van der Waals surface area contributed by atoms with E-state index in [1.54, 1.807) is 0 Å². The zero-order valence-corrected chi connectivity index (χ0v) is 17.3. The first-order valence-electron chi connectivity index (χ1n) is 10.8. The van der Waals surface area contributed by atoms with Crippen molar-refractivity contribution in [2.45, 2.75) is 89.4 Å². The van der Waals surface area contributed by atoms with E-state index in [9.17, 15) is 25.2 Å². The summed E-state index contributed by atoms with van der Waals surface area (Å²) in [7, 11) is 0. The lowest BCUT2D eigenvalue weighted by Crippen LogP contribution is -2.60. The second kappa shape index (κ2) is 7.73. The lowest BCUT2D eigenvalue weighted by molar-refractivity contribution is -0.318. The minimum Gasteiger partial charge on any atom is -0.462 e. The van der Waals surface area contributed by atoms with E-state index in [2.05, 4.69) is 13.8 Å². The predicted molar refractivity (Wildman–Crippen MR) is 100 cm³/mol. The summed E-state index contributed by atoms with van der Waals surface area (Å²) < 4.78 is 17.5. The van der Waals surface area contributed by atoms with Gasteiger partial charge in [-0.3, -0.25) is 4.79 Å². The van der Waals surface area contributed by atoms with Crippen LogP contribution in [0.15, 0.2) is 0 Å². The smallest absolute Gasteiger partial charge is 0.309 e. The zero-order valence-electron chi connectivity index (χ0n) is 17.3. The Morgan fingerprint density at radius 2 is 1.86 bits per heavy atom. The summed E-state index contributed by atoms with van der Waals surface area (Å²) in [5.74, 6) is 0.638. The molecule has 2 aliphatic heterocycles. The number of aliphatic hydroxyl groups excluding tert-OH is 4. The number of hydrogen-bond acceptors (Lipinski definition) is 8. The van der Waals surface area contributed by atoms with Gasteiger partial charge in [-0.1, -0.05) is 20.8 Å². The van der Waals surface area contributed by atoms with Crippen LogP contribution >= 0.6 is 0 Å². The molecule has 2 aliphatic carbocycles. The van der Waals surface area contributed by atoms with Gasteiger partial charge in [-0.2, -0.15) is 0 Å². The van der Waals surface area contributed by atoms with Gasteiger partial charge in [-0.15, -0.1) is 0 Å². The highest BCUT2D eigenvalue weighted by atomic mass is 16.7. The third-order valence-corrected chi connectivity index (χ3v) is 8.19. The molecule has 166 valence electrons.